The number of amides is 2. The molecule has 0 unspecified atom stereocenters. The Labute approximate surface area is 247 Å². The van der Waals surface area contributed by atoms with Gasteiger partial charge in [0.1, 0.15) is 12.3 Å². The monoisotopic (exact) mass is 584 g/mol. The molecule has 1 fully saturated rings. The van der Waals surface area contributed by atoms with Crippen LogP contribution in [-0.4, -0.2) is 106 Å². The van der Waals surface area contributed by atoms with Crippen molar-refractivity contribution in [3.63, 3.8) is 0 Å². The summed E-state index contributed by atoms with van der Waals surface area (Å²) in [6.07, 6.45) is 5.88. The fourth-order valence-corrected chi connectivity index (χ4v) is 6.73. The van der Waals surface area contributed by atoms with E-state index in [0.29, 0.717) is 44.8 Å². The average molecular weight is 585 g/mol. The number of hydrogen-bond donors (Lipinski definition) is 3. The lowest BCUT2D eigenvalue weighted by Gasteiger charge is -2.53. The Morgan fingerprint density at radius 1 is 0.976 bits per heavy atom. The molecule has 5 rings (SSSR count). The van der Waals surface area contributed by atoms with Crippen molar-refractivity contribution in [1.82, 2.24) is 20.1 Å². The highest BCUT2D eigenvalue weighted by atomic mass is 16.6. The van der Waals surface area contributed by atoms with Crippen molar-refractivity contribution in [3.05, 3.63) is 41.6 Å². The van der Waals surface area contributed by atoms with Gasteiger partial charge in [0.25, 0.3) is 5.91 Å². The summed E-state index contributed by atoms with van der Waals surface area (Å²) in [6, 6.07) is 8.72. The van der Waals surface area contributed by atoms with Gasteiger partial charge >= 0.3 is 6.09 Å². The van der Waals surface area contributed by atoms with E-state index in [0.717, 1.165) is 44.3 Å². The molecule has 2 aromatic rings. The topological polar surface area (TPSA) is 124 Å². The van der Waals surface area contributed by atoms with Crippen LogP contribution in [0.15, 0.2) is 30.3 Å². The fraction of sp³-hybridized carbons (Fsp3) is 0.613. The van der Waals surface area contributed by atoms with Gasteiger partial charge in [-0.1, -0.05) is 25.1 Å². The minimum Gasteiger partial charge on any atom is -0.447 e. The third-order valence-corrected chi connectivity index (χ3v) is 8.60. The Hall–Kier alpha value is -2.96. The molecule has 0 radical (unpaired) electrons. The van der Waals surface area contributed by atoms with Crippen LogP contribution in [0.1, 0.15) is 43.5 Å². The van der Waals surface area contributed by atoms with Crippen LogP contribution in [0.3, 0.4) is 0 Å². The van der Waals surface area contributed by atoms with Crippen molar-refractivity contribution in [3.8, 4) is 0 Å². The molecule has 1 aromatic carbocycles. The van der Waals surface area contributed by atoms with Crippen molar-refractivity contribution in [2.45, 2.75) is 38.6 Å². The van der Waals surface area contributed by atoms with E-state index in [1.807, 2.05) is 6.07 Å². The zero-order chi connectivity index (χ0) is 29.4. The third-order valence-electron chi connectivity index (χ3n) is 8.60. The summed E-state index contributed by atoms with van der Waals surface area (Å²) in [4.78, 5) is 28.4. The largest absolute Gasteiger partial charge is 0.447 e. The third kappa shape index (κ3) is 6.50. The summed E-state index contributed by atoms with van der Waals surface area (Å²) >= 11 is 0. The number of hydrogen-bond acceptors (Lipinski definition) is 8. The molecule has 3 N–H and O–H groups in total. The zero-order valence-electron chi connectivity index (χ0n) is 24.6. The Kier molecular flexibility index (Phi) is 10.5. The van der Waals surface area contributed by atoms with E-state index in [1.54, 1.807) is 0 Å². The van der Waals surface area contributed by atoms with Crippen molar-refractivity contribution in [1.29, 1.82) is 0 Å². The maximum absolute atomic E-state index is 13.7. The normalized spacial score (nSPS) is 21.1. The molecule has 230 valence electrons. The predicted octanol–water partition coefficient (Wildman–Crippen LogP) is 2.47. The lowest BCUT2D eigenvalue weighted by molar-refractivity contribution is -0.116. The van der Waals surface area contributed by atoms with Crippen LogP contribution in [0.5, 0.6) is 0 Å². The van der Waals surface area contributed by atoms with Gasteiger partial charge in [-0.25, -0.2) is 4.79 Å². The van der Waals surface area contributed by atoms with Crippen LogP contribution in [0.2, 0.25) is 0 Å². The van der Waals surface area contributed by atoms with E-state index < -0.39 is 6.09 Å². The highest BCUT2D eigenvalue weighted by Gasteiger charge is 2.50. The number of piperidine rings is 1. The van der Waals surface area contributed by atoms with Crippen LogP contribution in [0.25, 0.3) is 16.6 Å². The number of alkyl carbamates (subject to hydrolysis) is 1. The molecule has 1 saturated heterocycles. The molecule has 0 spiro atoms. The Bertz CT molecular complexity index is 1260. The van der Waals surface area contributed by atoms with Gasteiger partial charge in [0.05, 0.1) is 57.8 Å². The summed E-state index contributed by atoms with van der Waals surface area (Å²) in [7, 11) is 0. The van der Waals surface area contributed by atoms with Crippen molar-refractivity contribution in [2.75, 3.05) is 79.0 Å². The minimum absolute atomic E-state index is 0.00389. The van der Waals surface area contributed by atoms with Crippen molar-refractivity contribution < 1.29 is 33.6 Å². The first-order valence-electron chi connectivity index (χ1n) is 15.2. The highest BCUT2D eigenvalue weighted by Crippen LogP contribution is 2.56. The smallest absolute Gasteiger partial charge is 0.407 e. The van der Waals surface area contributed by atoms with Gasteiger partial charge in [-0.05, 0) is 49.9 Å². The number of ether oxygens (including phenoxy) is 4. The second-order valence-electron chi connectivity index (χ2n) is 11.0. The first kappa shape index (κ1) is 30.5. The molecule has 11 nitrogen and oxygen atoms in total. The molecule has 1 aromatic heterocycles. The van der Waals surface area contributed by atoms with Crippen molar-refractivity contribution >= 4 is 28.6 Å². The number of aromatic nitrogens is 1. The summed E-state index contributed by atoms with van der Waals surface area (Å²) in [5.74, 6) is -0.127. The standard InChI is InChI=1S/C31H44N4O7/c1-2-31-9-5-12-34-13-8-24-23-6-3-4-7-25(23)35(27(24)28(31)34)26(22-31)29(37)32-10-11-33-30(38)42-21-20-41-19-18-40-17-16-39-15-14-36/h3-4,6-7,22,28,36H,2,5,8-21H2,1H3,(H,32,37)(H,33,38)/t28-,31+/m1/s1. The van der Waals surface area contributed by atoms with Crippen LogP contribution >= 0.6 is 0 Å². The van der Waals surface area contributed by atoms with Gasteiger partial charge in [-0.3, -0.25) is 9.69 Å². The highest BCUT2D eigenvalue weighted by molar-refractivity contribution is 6.16. The molecule has 4 heterocycles. The second kappa shape index (κ2) is 14.5. The number of nitrogens with zero attached hydrogens (tertiary/aromatic N) is 2. The van der Waals surface area contributed by atoms with Crippen LogP contribution in [0, 0.1) is 5.41 Å². The van der Waals surface area contributed by atoms with E-state index in [9.17, 15) is 9.59 Å². The molecule has 2 amide bonds. The van der Waals surface area contributed by atoms with E-state index in [-0.39, 0.29) is 44.2 Å². The summed E-state index contributed by atoms with van der Waals surface area (Å²) in [5, 5.41) is 15.6. The number of aliphatic hydroxyl groups is 1. The zero-order valence-corrected chi connectivity index (χ0v) is 24.6. The lowest BCUT2D eigenvalue weighted by atomic mass is 9.66. The number of rotatable bonds is 16. The van der Waals surface area contributed by atoms with Crippen LogP contribution < -0.4 is 10.6 Å². The van der Waals surface area contributed by atoms with Crippen LogP contribution in [0.4, 0.5) is 4.79 Å². The Morgan fingerprint density at radius 3 is 2.45 bits per heavy atom. The Morgan fingerprint density at radius 2 is 1.69 bits per heavy atom. The minimum atomic E-state index is -0.553. The molecule has 11 heteroatoms. The second-order valence-corrected chi connectivity index (χ2v) is 11.0. The molecule has 0 bridgehead atoms. The van der Waals surface area contributed by atoms with Gasteiger partial charge in [0, 0.05) is 36.1 Å². The van der Waals surface area contributed by atoms with Gasteiger partial charge in [-0.2, -0.15) is 0 Å². The lowest BCUT2D eigenvalue weighted by Crippen LogP contribution is -2.51. The molecular formula is C31H44N4O7. The van der Waals surface area contributed by atoms with E-state index in [2.05, 4.69) is 51.3 Å². The van der Waals surface area contributed by atoms with E-state index >= 15 is 0 Å². The summed E-state index contributed by atoms with van der Waals surface area (Å²) in [6.45, 7) is 7.27. The Balaban J connectivity index is 1.10. The van der Waals surface area contributed by atoms with E-state index in [4.69, 9.17) is 24.1 Å². The number of fused-ring (bicyclic) bond motifs is 3. The molecule has 2 atom stereocenters. The SMILES string of the molecule is CC[C@@]12C=C(C(=O)NCCNC(=O)OCCOCCOCCOCCO)n3c4c(c5ccccc53)CCN(CCC1)[C@H]42. The van der Waals surface area contributed by atoms with Crippen LogP contribution in [-0.2, 0) is 30.2 Å². The van der Waals surface area contributed by atoms with Gasteiger partial charge in [0.2, 0.25) is 0 Å². The predicted molar refractivity (Wildman–Crippen MR) is 158 cm³/mol. The molecule has 0 saturated carbocycles. The average Bonchev–Trinajstić information content (AvgIpc) is 3.36. The first-order chi connectivity index (χ1) is 20.6. The first-order valence-corrected chi connectivity index (χ1v) is 15.2. The van der Waals surface area contributed by atoms with Gasteiger partial charge < -0.3 is 39.3 Å². The maximum atomic E-state index is 13.7. The quantitative estimate of drug-likeness (QED) is 0.257. The number of para-hydroxylation sites is 1. The molecular weight excluding hydrogens is 540 g/mol. The summed E-state index contributed by atoms with van der Waals surface area (Å²) < 4.78 is 23.2. The van der Waals surface area contributed by atoms with Gasteiger partial charge in [0.15, 0.2) is 0 Å². The van der Waals surface area contributed by atoms with Crippen molar-refractivity contribution in [2.24, 2.45) is 5.41 Å². The maximum Gasteiger partial charge on any atom is 0.407 e. The molecule has 42 heavy (non-hydrogen) atoms. The number of aliphatic hydroxyl groups excluding tert-OH is 1. The summed E-state index contributed by atoms with van der Waals surface area (Å²) in [5.41, 5.74) is 4.39. The van der Waals surface area contributed by atoms with Gasteiger partial charge in [-0.15, -0.1) is 0 Å². The number of carbonyl (C=O) groups excluding carboxylic acids is 2. The number of nitrogens with one attached hydrogen (secondary N) is 2. The molecule has 3 aliphatic heterocycles. The fourth-order valence-electron chi connectivity index (χ4n) is 6.73. The van der Waals surface area contributed by atoms with E-state index in [1.165, 1.54) is 16.6 Å². The molecule has 3 aliphatic rings. The number of benzene rings is 1. The molecule has 0 aliphatic carbocycles. The number of carbonyl (C=O) groups is 2.